The number of ether oxygens (including phenoxy) is 2. The number of carbonyl (C=O) groups is 2. The Hall–Kier alpha value is -3.94. The first-order valence-corrected chi connectivity index (χ1v) is 10.4. The number of rotatable bonds is 6. The first-order chi connectivity index (χ1) is 15.9. The van der Waals surface area contributed by atoms with Crippen LogP contribution in [0.5, 0.6) is 11.5 Å². The van der Waals surface area contributed by atoms with Crippen LogP contribution in [0.3, 0.4) is 0 Å². The summed E-state index contributed by atoms with van der Waals surface area (Å²) >= 11 is 0. The summed E-state index contributed by atoms with van der Waals surface area (Å²) in [7, 11) is 0. The molecule has 0 aromatic heterocycles. The van der Waals surface area contributed by atoms with Crippen LogP contribution in [-0.2, 0) is 11.3 Å². The standard InChI is InChI=1S/C25H22F2N2O4/c1-16-25(31)29(11-12-32-20-5-3-2-4-6-20)15-17-13-19(8-10-23(17)33-16)28-24(30)21-9-7-18(26)14-22(21)27/h2-10,13-14,16H,11-12,15H2,1H3,(H,28,30)/t16-/m0/s1. The third-order valence-corrected chi connectivity index (χ3v) is 5.19. The average molecular weight is 452 g/mol. The summed E-state index contributed by atoms with van der Waals surface area (Å²) in [6.45, 7) is 2.58. The number of benzene rings is 3. The molecule has 0 saturated heterocycles. The maximum Gasteiger partial charge on any atom is 0.263 e. The van der Waals surface area contributed by atoms with Gasteiger partial charge in [-0.3, -0.25) is 9.59 Å². The molecule has 0 fully saturated rings. The highest BCUT2D eigenvalue weighted by Gasteiger charge is 2.28. The normalized spacial score (nSPS) is 15.3. The van der Waals surface area contributed by atoms with Crippen molar-refractivity contribution in [1.82, 2.24) is 4.90 Å². The zero-order valence-corrected chi connectivity index (χ0v) is 17.9. The molecule has 4 rings (SSSR count). The van der Waals surface area contributed by atoms with E-state index in [1.807, 2.05) is 30.3 Å². The van der Waals surface area contributed by atoms with E-state index in [2.05, 4.69) is 5.32 Å². The molecule has 0 radical (unpaired) electrons. The second-order valence-corrected chi connectivity index (χ2v) is 7.58. The lowest BCUT2D eigenvalue weighted by Crippen LogP contribution is -2.40. The highest BCUT2D eigenvalue weighted by Crippen LogP contribution is 2.29. The van der Waals surface area contributed by atoms with Gasteiger partial charge in [0.1, 0.15) is 29.7 Å². The predicted octanol–water partition coefficient (Wildman–Crippen LogP) is 4.41. The molecule has 1 atom stereocenters. The Balaban J connectivity index is 1.48. The largest absolute Gasteiger partial charge is 0.492 e. The minimum atomic E-state index is -0.949. The fourth-order valence-corrected chi connectivity index (χ4v) is 3.53. The summed E-state index contributed by atoms with van der Waals surface area (Å²) in [5.74, 6) is -1.37. The fraction of sp³-hybridized carbons (Fsp3) is 0.200. The van der Waals surface area contributed by atoms with Crippen molar-refractivity contribution >= 4 is 17.5 Å². The van der Waals surface area contributed by atoms with Crippen LogP contribution in [0.2, 0.25) is 0 Å². The van der Waals surface area contributed by atoms with Gasteiger partial charge < -0.3 is 19.7 Å². The number of fused-ring (bicyclic) bond motifs is 1. The van der Waals surface area contributed by atoms with Gasteiger partial charge in [-0.15, -0.1) is 0 Å². The molecule has 3 aromatic rings. The van der Waals surface area contributed by atoms with Crippen molar-refractivity contribution in [3.63, 3.8) is 0 Å². The first-order valence-electron chi connectivity index (χ1n) is 10.4. The molecule has 1 N–H and O–H groups in total. The van der Waals surface area contributed by atoms with Gasteiger partial charge in [0.05, 0.1) is 12.1 Å². The van der Waals surface area contributed by atoms with Crippen LogP contribution in [0, 0.1) is 11.6 Å². The Bertz CT molecular complexity index is 1170. The summed E-state index contributed by atoms with van der Waals surface area (Å²) < 4.78 is 38.6. The van der Waals surface area contributed by atoms with Gasteiger partial charge in [-0.2, -0.15) is 0 Å². The molecule has 1 aliphatic heterocycles. The third kappa shape index (κ3) is 5.28. The van der Waals surface area contributed by atoms with Gasteiger partial charge in [0.25, 0.3) is 11.8 Å². The van der Waals surface area contributed by atoms with Gasteiger partial charge in [0.2, 0.25) is 0 Å². The highest BCUT2D eigenvalue weighted by atomic mass is 19.1. The molecule has 0 spiro atoms. The van der Waals surface area contributed by atoms with E-state index in [0.29, 0.717) is 42.0 Å². The second kappa shape index (κ2) is 9.68. The van der Waals surface area contributed by atoms with E-state index in [-0.39, 0.29) is 18.0 Å². The zero-order chi connectivity index (χ0) is 23.4. The molecule has 0 aliphatic carbocycles. The van der Waals surface area contributed by atoms with E-state index in [9.17, 15) is 18.4 Å². The minimum absolute atomic E-state index is 0.179. The van der Waals surface area contributed by atoms with Crippen molar-refractivity contribution in [3.05, 3.63) is 89.5 Å². The molecular formula is C25H22F2N2O4. The summed E-state index contributed by atoms with van der Waals surface area (Å²) in [5, 5.41) is 2.61. The lowest BCUT2D eigenvalue weighted by Gasteiger charge is -2.22. The molecule has 8 heteroatoms. The Morgan fingerprint density at radius 3 is 2.67 bits per heavy atom. The zero-order valence-electron chi connectivity index (χ0n) is 17.9. The number of amides is 2. The Morgan fingerprint density at radius 2 is 1.91 bits per heavy atom. The lowest BCUT2D eigenvalue weighted by molar-refractivity contribution is -0.138. The van der Waals surface area contributed by atoms with E-state index in [1.165, 1.54) is 0 Å². The van der Waals surface area contributed by atoms with Gasteiger partial charge in [-0.05, 0) is 49.4 Å². The monoisotopic (exact) mass is 452 g/mol. The van der Waals surface area contributed by atoms with Crippen molar-refractivity contribution < 1.29 is 27.8 Å². The van der Waals surface area contributed by atoms with E-state index in [1.54, 1.807) is 30.0 Å². The summed E-state index contributed by atoms with van der Waals surface area (Å²) in [6.07, 6.45) is -0.684. The van der Waals surface area contributed by atoms with Gasteiger partial charge in [0.15, 0.2) is 6.10 Å². The van der Waals surface area contributed by atoms with Crippen LogP contribution in [-0.4, -0.2) is 36.0 Å². The van der Waals surface area contributed by atoms with Gasteiger partial charge in [-0.1, -0.05) is 18.2 Å². The van der Waals surface area contributed by atoms with Crippen LogP contribution in [0.1, 0.15) is 22.8 Å². The number of carbonyl (C=O) groups excluding carboxylic acids is 2. The number of hydrogen-bond donors (Lipinski definition) is 1. The maximum atomic E-state index is 13.9. The number of nitrogens with zero attached hydrogens (tertiary/aromatic N) is 1. The molecule has 3 aromatic carbocycles. The molecule has 0 unspecified atom stereocenters. The Morgan fingerprint density at radius 1 is 1.12 bits per heavy atom. The van der Waals surface area contributed by atoms with Crippen LogP contribution >= 0.6 is 0 Å². The SMILES string of the molecule is C[C@@H]1Oc2ccc(NC(=O)c3ccc(F)cc3F)cc2CN(CCOc2ccccc2)C1=O. The van der Waals surface area contributed by atoms with Crippen molar-refractivity contribution in [3.8, 4) is 11.5 Å². The van der Waals surface area contributed by atoms with Gasteiger partial charge >= 0.3 is 0 Å². The van der Waals surface area contributed by atoms with Crippen molar-refractivity contribution in [2.45, 2.75) is 19.6 Å². The second-order valence-electron chi connectivity index (χ2n) is 7.58. The third-order valence-electron chi connectivity index (χ3n) is 5.19. The molecule has 0 saturated carbocycles. The van der Waals surface area contributed by atoms with Gasteiger partial charge in [-0.25, -0.2) is 8.78 Å². The molecule has 6 nitrogen and oxygen atoms in total. The number of para-hydroxylation sites is 1. The molecule has 170 valence electrons. The minimum Gasteiger partial charge on any atom is -0.492 e. The first kappa shape index (κ1) is 22.3. The van der Waals surface area contributed by atoms with Crippen LogP contribution < -0.4 is 14.8 Å². The number of anilines is 1. The fourth-order valence-electron chi connectivity index (χ4n) is 3.53. The summed E-state index contributed by atoms with van der Waals surface area (Å²) in [6, 6.07) is 17.0. The van der Waals surface area contributed by atoms with E-state index in [4.69, 9.17) is 9.47 Å². The van der Waals surface area contributed by atoms with Crippen molar-refractivity contribution in [1.29, 1.82) is 0 Å². The lowest BCUT2D eigenvalue weighted by atomic mass is 10.1. The van der Waals surface area contributed by atoms with Gasteiger partial charge in [0, 0.05) is 23.9 Å². The number of hydrogen-bond acceptors (Lipinski definition) is 4. The molecule has 33 heavy (non-hydrogen) atoms. The molecule has 2 amide bonds. The topological polar surface area (TPSA) is 67.9 Å². The smallest absolute Gasteiger partial charge is 0.263 e. The van der Waals surface area contributed by atoms with Crippen molar-refractivity contribution in [2.24, 2.45) is 0 Å². The predicted molar refractivity (Wildman–Crippen MR) is 118 cm³/mol. The summed E-state index contributed by atoms with van der Waals surface area (Å²) in [4.78, 5) is 26.8. The van der Waals surface area contributed by atoms with E-state index >= 15 is 0 Å². The van der Waals surface area contributed by atoms with E-state index < -0.39 is 23.6 Å². The van der Waals surface area contributed by atoms with Crippen molar-refractivity contribution in [2.75, 3.05) is 18.5 Å². The Kier molecular flexibility index (Phi) is 6.53. The number of nitrogens with one attached hydrogen (secondary N) is 1. The maximum absolute atomic E-state index is 13.9. The Labute approximate surface area is 189 Å². The molecular weight excluding hydrogens is 430 g/mol. The molecule has 0 bridgehead atoms. The van der Waals surface area contributed by atoms with E-state index in [0.717, 1.165) is 12.1 Å². The van der Waals surface area contributed by atoms with Crippen LogP contribution in [0.4, 0.5) is 14.5 Å². The molecule has 1 heterocycles. The summed E-state index contributed by atoms with van der Waals surface area (Å²) in [5.41, 5.74) is 0.810. The van der Waals surface area contributed by atoms with Crippen LogP contribution in [0.25, 0.3) is 0 Å². The van der Waals surface area contributed by atoms with Crippen LogP contribution in [0.15, 0.2) is 66.7 Å². The average Bonchev–Trinajstić information content (AvgIpc) is 2.90. The quantitative estimate of drug-likeness (QED) is 0.602. The number of halogens is 2. The molecule has 1 aliphatic rings. The highest BCUT2D eigenvalue weighted by molar-refractivity contribution is 6.04.